The smallest absolute Gasteiger partial charge is 0.220 e. The molecular weight excluding hydrogens is 168 g/mol. The van der Waals surface area contributed by atoms with Gasteiger partial charge in [-0.1, -0.05) is 13.8 Å². The minimum absolute atomic E-state index is 0.149. The van der Waals surface area contributed by atoms with Crippen molar-refractivity contribution >= 4 is 5.91 Å². The first-order valence-corrected chi connectivity index (χ1v) is 4.82. The van der Waals surface area contributed by atoms with Crippen LogP contribution in [0.25, 0.3) is 0 Å². The molecule has 0 saturated carbocycles. The number of hydrogen-bond donors (Lipinski definition) is 2. The van der Waals surface area contributed by atoms with Gasteiger partial charge in [-0.25, -0.2) is 5.48 Å². The SMILES string of the molecule is CC(C)CONCC1CCC(=O)N1. The van der Waals surface area contributed by atoms with E-state index >= 15 is 0 Å². The summed E-state index contributed by atoms with van der Waals surface area (Å²) in [6.07, 6.45) is 1.56. The predicted octanol–water partition coefficient (Wildman–Crippen LogP) is 0.442. The topological polar surface area (TPSA) is 50.4 Å². The summed E-state index contributed by atoms with van der Waals surface area (Å²) >= 11 is 0. The monoisotopic (exact) mass is 186 g/mol. The first-order chi connectivity index (χ1) is 6.18. The van der Waals surface area contributed by atoms with E-state index in [0.29, 0.717) is 25.5 Å². The van der Waals surface area contributed by atoms with Crippen molar-refractivity contribution in [1.29, 1.82) is 0 Å². The average molecular weight is 186 g/mol. The van der Waals surface area contributed by atoms with E-state index < -0.39 is 0 Å². The summed E-state index contributed by atoms with van der Waals surface area (Å²) < 4.78 is 0. The van der Waals surface area contributed by atoms with Gasteiger partial charge in [-0.15, -0.1) is 0 Å². The minimum atomic E-state index is 0.149. The van der Waals surface area contributed by atoms with E-state index in [1.54, 1.807) is 0 Å². The van der Waals surface area contributed by atoms with Crippen LogP contribution in [0.5, 0.6) is 0 Å². The third-order valence-electron chi connectivity index (χ3n) is 1.93. The number of carbonyl (C=O) groups is 1. The first kappa shape index (κ1) is 10.5. The Balaban J connectivity index is 1.97. The maximum absolute atomic E-state index is 10.8. The normalized spacial score (nSPS) is 22.4. The Labute approximate surface area is 79.0 Å². The van der Waals surface area contributed by atoms with Crippen LogP contribution in [0.3, 0.4) is 0 Å². The van der Waals surface area contributed by atoms with Crippen LogP contribution < -0.4 is 10.8 Å². The number of amides is 1. The lowest BCUT2D eigenvalue weighted by atomic mass is 10.2. The number of hydroxylamine groups is 1. The summed E-state index contributed by atoms with van der Waals surface area (Å²) in [6, 6.07) is 0.250. The van der Waals surface area contributed by atoms with Crippen LogP contribution in [-0.4, -0.2) is 25.1 Å². The second kappa shape index (κ2) is 5.19. The molecule has 0 spiro atoms. The van der Waals surface area contributed by atoms with Gasteiger partial charge in [0.2, 0.25) is 5.91 Å². The van der Waals surface area contributed by atoms with Gasteiger partial charge in [0.1, 0.15) is 0 Å². The molecule has 4 heteroatoms. The van der Waals surface area contributed by atoms with Crippen LogP contribution in [0.4, 0.5) is 0 Å². The van der Waals surface area contributed by atoms with E-state index in [0.717, 1.165) is 6.42 Å². The predicted molar refractivity (Wildman–Crippen MR) is 50.0 cm³/mol. The number of nitrogens with one attached hydrogen (secondary N) is 2. The van der Waals surface area contributed by atoms with Crippen LogP contribution in [-0.2, 0) is 9.63 Å². The average Bonchev–Trinajstić information content (AvgIpc) is 2.45. The van der Waals surface area contributed by atoms with E-state index in [4.69, 9.17) is 4.84 Å². The Kier molecular flexibility index (Phi) is 4.18. The fourth-order valence-electron chi connectivity index (χ4n) is 1.22. The Morgan fingerprint density at radius 2 is 2.46 bits per heavy atom. The molecule has 1 aliphatic heterocycles. The zero-order chi connectivity index (χ0) is 9.68. The molecule has 76 valence electrons. The summed E-state index contributed by atoms with van der Waals surface area (Å²) in [5.41, 5.74) is 2.86. The third-order valence-corrected chi connectivity index (χ3v) is 1.93. The highest BCUT2D eigenvalue weighted by Crippen LogP contribution is 2.04. The summed E-state index contributed by atoms with van der Waals surface area (Å²) in [4.78, 5) is 16.0. The standard InChI is InChI=1S/C9H18N2O2/c1-7(2)6-13-10-5-8-3-4-9(12)11-8/h7-8,10H,3-6H2,1-2H3,(H,11,12). The van der Waals surface area contributed by atoms with Crippen molar-refractivity contribution in [2.75, 3.05) is 13.2 Å². The van der Waals surface area contributed by atoms with Crippen molar-refractivity contribution in [2.45, 2.75) is 32.7 Å². The van der Waals surface area contributed by atoms with Crippen molar-refractivity contribution in [3.05, 3.63) is 0 Å². The van der Waals surface area contributed by atoms with Gasteiger partial charge >= 0.3 is 0 Å². The van der Waals surface area contributed by atoms with Gasteiger partial charge in [0, 0.05) is 19.0 Å². The highest BCUT2D eigenvalue weighted by atomic mass is 16.6. The summed E-state index contributed by atoms with van der Waals surface area (Å²) in [5.74, 6) is 0.682. The fourth-order valence-corrected chi connectivity index (χ4v) is 1.22. The molecule has 4 nitrogen and oxygen atoms in total. The van der Waals surface area contributed by atoms with E-state index in [1.807, 2.05) is 0 Å². The Morgan fingerprint density at radius 3 is 3.00 bits per heavy atom. The van der Waals surface area contributed by atoms with Gasteiger partial charge in [0.05, 0.1) is 6.61 Å². The second-order valence-electron chi connectivity index (χ2n) is 3.86. The fraction of sp³-hybridized carbons (Fsp3) is 0.889. The molecule has 1 aliphatic rings. The van der Waals surface area contributed by atoms with E-state index in [2.05, 4.69) is 24.6 Å². The largest absolute Gasteiger partial charge is 0.352 e. The molecule has 1 heterocycles. The minimum Gasteiger partial charge on any atom is -0.352 e. The molecule has 0 aromatic heterocycles. The van der Waals surface area contributed by atoms with Crippen molar-refractivity contribution in [1.82, 2.24) is 10.8 Å². The molecule has 1 fully saturated rings. The molecule has 2 N–H and O–H groups in total. The highest BCUT2D eigenvalue weighted by Gasteiger charge is 2.19. The highest BCUT2D eigenvalue weighted by molar-refractivity contribution is 5.78. The second-order valence-corrected chi connectivity index (χ2v) is 3.86. The molecule has 0 aliphatic carbocycles. The van der Waals surface area contributed by atoms with Crippen molar-refractivity contribution in [3.63, 3.8) is 0 Å². The van der Waals surface area contributed by atoms with Gasteiger partial charge in [0.25, 0.3) is 0 Å². The van der Waals surface area contributed by atoms with Gasteiger partial charge in [-0.3, -0.25) is 4.79 Å². The Morgan fingerprint density at radius 1 is 1.69 bits per heavy atom. The lowest BCUT2D eigenvalue weighted by Gasteiger charge is -2.12. The number of hydrogen-bond acceptors (Lipinski definition) is 3. The number of rotatable bonds is 5. The van der Waals surface area contributed by atoms with Gasteiger partial charge in [-0.05, 0) is 12.3 Å². The lowest BCUT2D eigenvalue weighted by Crippen LogP contribution is -2.36. The summed E-state index contributed by atoms with van der Waals surface area (Å²) in [5, 5.41) is 2.86. The first-order valence-electron chi connectivity index (χ1n) is 4.82. The lowest BCUT2D eigenvalue weighted by molar-refractivity contribution is -0.119. The molecule has 1 amide bonds. The Hall–Kier alpha value is -0.610. The zero-order valence-electron chi connectivity index (χ0n) is 8.30. The van der Waals surface area contributed by atoms with Crippen LogP contribution in [0.1, 0.15) is 26.7 Å². The molecular formula is C9H18N2O2. The van der Waals surface area contributed by atoms with Crippen LogP contribution in [0.15, 0.2) is 0 Å². The van der Waals surface area contributed by atoms with E-state index in [-0.39, 0.29) is 11.9 Å². The van der Waals surface area contributed by atoms with Crippen LogP contribution >= 0.6 is 0 Å². The zero-order valence-corrected chi connectivity index (χ0v) is 8.30. The van der Waals surface area contributed by atoms with E-state index in [9.17, 15) is 4.79 Å². The molecule has 0 bridgehead atoms. The van der Waals surface area contributed by atoms with Gasteiger partial charge in [0.15, 0.2) is 0 Å². The third kappa shape index (κ3) is 4.24. The van der Waals surface area contributed by atoms with Gasteiger partial charge in [-0.2, -0.15) is 0 Å². The summed E-state index contributed by atoms with van der Waals surface area (Å²) in [7, 11) is 0. The van der Waals surface area contributed by atoms with E-state index in [1.165, 1.54) is 0 Å². The molecule has 0 aromatic rings. The molecule has 1 saturated heterocycles. The van der Waals surface area contributed by atoms with Crippen LogP contribution in [0, 0.1) is 5.92 Å². The van der Waals surface area contributed by atoms with Crippen molar-refractivity contribution < 1.29 is 9.63 Å². The molecule has 1 rings (SSSR count). The Bertz CT molecular complexity index is 171. The maximum atomic E-state index is 10.8. The van der Waals surface area contributed by atoms with Gasteiger partial charge < -0.3 is 10.2 Å². The van der Waals surface area contributed by atoms with Crippen molar-refractivity contribution in [2.24, 2.45) is 5.92 Å². The van der Waals surface area contributed by atoms with Crippen molar-refractivity contribution in [3.8, 4) is 0 Å². The quantitative estimate of drug-likeness (QED) is 0.484. The molecule has 0 radical (unpaired) electrons. The van der Waals surface area contributed by atoms with Crippen LogP contribution in [0.2, 0.25) is 0 Å². The molecule has 0 aromatic carbocycles. The molecule has 1 unspecified atom stereocenters. The summed E-state index contributed by atoms with van der Waals surface area (Å²) in [6.45, 7) is 5.61. The molecule has 1 atom stereocenters. The molecule has 13 heavy (non-hydrogen) atoms. The maximum Gasteiger partial charge on any atom is 0.220 e. The number of carbonyl (C=O) groups excluding carboxylic acids is 1.